The number of phenolic OH excluding ortho intramolecular Hbond substituents is 4. The van der Waals surface area contributed by atoms with Gasteiger partial charge in [-0.15, -0.1) is 0 Å². The second kappa shape index (κ2) is 28.7. The van der Waals surface area contributed by atoms with Crippen molar-refractivity contribution in [3.05, 3.63) is 191 Å². The number of aromatic nitrogens is 1. The lowest BCUT2D eigenvalue weighted by atomic mass is 9.94. The van der Waals surface area contributed by atoms with Crippen molar-refractivity contribution in [2.45, 2.75) is 120 Å². The summed E-state index contributed by atoms with van der Waals surface area (Å²) in [6, 6.07) is 24.9. The Kier molecular flexibility index (Phi) is 19.8. The number of rotatable bonds is 16. The van der Waals surface area contributed by atoms with Crippen molar-refractivity contribution in [2.75, 3.05) is 13.6 Å². The van der Waals surface area contributed by atoms with Crippen LogP contribution in [0.15, 0.2) is 152 Å². The number of aliphatic carboxylic acids is 1. The third kappa shape index (κ3) is 14.7. The number of hydrogen-bond donors (Lipinski definition) is 12. The molecule has 0 radical (unpaired) electrons. The van der Waals surface area contributed by atoms with Gasteiger partial charge in [-0.05, 0) is 136 Å². The maximum absolute atomic E-state index is 15.9. The number of carboxylic acids is 1. The molecule has 6 aliphatic rings. The van der Waals surface area contributed by atoms with Gasteiger partial charge < -0.3 is 76.8 Å². The smallest absolute Gasteiger partial charge is 0.330 e. The number of carbonyl (C=O) groups is 7. The lowest BCUT2D eigenvalue weighted by Gasteiger charge is -2.33. The van der Waals surface area contributed by atoms with Crippen molar-refractivity contribution >= 4 is 52.3 Å². The Balaban J connectivity index is 1.01. The second-order valence-corrected chi connectivity index (χ2v) is 24.1. The Morgan fingerprint density at radius 2 is 1.16 bits per heavy atom. The van der Waals surface area contributed by atoms with Gasteiger partial charge in [0.25, 0.3) is 0 Å². The first-order valence-corrected chi connectivity index (χ1v) is 31.6. The van der Waals surface area contributed by atoms with Gasteiger partial charge in [0.1, 0.15) is 59.2 Å². The molecule has 7 aromatic carbocycles. The zero-order valence-electron chi connectivity index (χ0n) is 51.8. The summed E-state index contributed by atoms with van der Waals surface area (Å²) >= 11 is 0. The molecule has 14 rings (SSSR count). The molecule has 0 saturated heterocycles. The highest BCUT2D eigenvalue weighted by atomic mass is 16.5. The summed E-state index contributed by atoms with van der Waals surface area (Å²) in [6.07, 6.45) is 11.2. The molecule has 7 heterocycles. The molecule has 6 aliphatic heterocycles. The van der Waals surface area contributed by atoms with E-state index in [1.54, 1.807) is 60.8 Å². The van der Waals surface area contributed by atoms with Crippen LogP contribution in [0.2, 0.25) is 0 Å². The largest absolute Gasteiger partial charge is 0.508 e. The molecule has 0 spiro atoms. The second-order valence-electron chi connectivity index (χ2n) is 24.1. The first-order valence-electron chi connectivity index (χ1n) is 31.6. The molecule has 0 aliphatic carbocycles. The number of hydrogen-bond acceptors (Lipinski definition) is 14. The predicted octanol–water partition coefficient (Wildman–Crippen LogP) is 9.66. The van der Waals surface area contributed by atoms with Gasteiger partial charge in [0.2, 0.25) is 35.4 Å². The van der Waals surface area contributed by atoms with Crippen molar-refractivity contribution in [1.82, 2.24) is 41.8 Å². The molecule has 22 heteroatoms. The van der Waals surface area contributed by atoms with Crippen LogP contribution in [-0.2, 0) is 46.4 Å². The topological polar surface area (TPSA) is 330 Å². The van der Waals surface area contributed by atoms with Crippen LogP contribution in [0.4, 0.5) is 0 Å². The van der Waals surface area contributed by atoms with Gasteiger partial charge >= 0.3 is 5.97 Å². The third-order valence-electron chi connectivity index (χ3n) is 17.5. The van der Waals surface area contributed by atoms with E-state index in [2.05, 4.69) is 43.8 Å². The minimum Gasteiger partial charge on any atom is -0.508 e. The fraction of sp³-hybridized carbons (Fsp3) is 0.292. The molecule has 22 nitrogen and oxygen atoms in total. The van der Waals surface area contributed by atoms with Crippen LogP contribution in [0.3, 0.4) is 0 Å². The predicted molar refractivity (Wildman–Crippen MR) is 348 cm³/mol. The van der Waals surface area contributed by atoms with E-state index in [1.165, 1.54) is 124 Å². The van der Waals surface area contributed by atoms with E-state index in [0.29, 0.717) is 39.7 Å². The normalized spacial score (nSPS) is 19.3. The van der Waals surface area contributed by atoms with Crippen molar-refractivity contribution in [3.63, 3.8) is 0 Å². The Bertz CT molecular complexity index is 4120. The summed E-state index contributed by atoms with van der Waals surface area (Å²) < 4.78 is 12.5. The number of nitrogens with zero attached hydrogens (tertiary/aromatic N) is 1. The molecule has 486 valence electrons. The summed E-state index contributed by atoms with van der Waals surface area (Å²) in [7, 11) is 1.33. The van der Waals surface area contributed by atoms with Crippen molar-refractivity contribution in [1.29, 1.82) is 0 Å². The summed E-state index contributed by atoms with van der Waals surface area (Å²) in [5, 5.41) is 72.8. The highest BCUT2D eigenvalue weighted by Gasteiger charge is 2.40. The Labute approximate surface area is 541 Å². The van der Waals surface area contributed by atoms with E-state index < -0.39 is 83.7 Å². The number of phenols is 4. The van der Waals surface area contributed by atoms with Crippen LogP contribution >= 0.6 is 0 Å². The van der Waals surface area contributed by atoms with Crippen LogP contribution in [-0.4, -0.2) is 103 Å². The molecular formula is C72H74N8O14. The maximum atomic E-state index is 15.9. The molecule has 0 fully saturated rings. The zero-order chi connectivity index (χ0) is 66.2. The Hall–Kier alpha value is -10.9. The number of aromatic hydroxyl groups is 4. The standard InChI is InChI=1S/C72H74N8O14/c1-3-4-5-6-7-8-9-10-11-32-73-60(41-14-22-48(81)23-15-41)68(87)75-55-36-47-39-74-54-35-44(20-30-52(47)54)53-34-46-38-59(65(53)84)94-50-26-12-40(13-27-50)33-56-67(86)79-64(72(91)92)45-21-31-57(83)58(37-45)93-51-28-18-43(19-29-51)63(71(90)80(56)2)78-70(89)62(46)77-69(88)61(76-66(55)85)42-16-24-49(82)25-17-42/h12-31,34-35,37-39,55-56,60-64,73-74,81-84H,3-11,32-33,36H2,1-2H3,(H,75,87)(H,76,85)(H,77,88)(H,78,89)(H,79,86)(H,91,92)/t55-,56+,60?,61-,62-,63-,64-/m1/s1. The van der Waals surface area contributed by atoms with Gasteiger partial charge in [-0.1, -0.05) is 125 Å². The van der Waals surface area contributed by atoms with Gasteiger partial charge in [-0.3, -0.25) is 28.8 Å². The van der Waals surface area contributed by atoms with Crippen LogP contribution in [0.1, 0.15) is 134 Å². The third-order valence-corrected chi connectivity index (χ3v) is 17.5. The van der Waals surface area contributed by atoms with E-state index in [1.807, 2.05) is 0 Å². The number of unbranched alkanes of at least 4 members (excludes halogenated alkanes) is 8. The number of nitrogens with one attached hydrogen (secondary N) is 7. The Morgan fingerprint density at radius 3 is 1.84 bits per heavy atom. The first kappa shape index (κ1) is 64.7. The van der Waals surface area contributed by atoms with E-state index in [4.69, 9.17) is 9.47 Å². The minimum absolute atomic E-state index is 0.00643. The lowest BCUT2D eigenvalue weighted by molar-refractivity contribution is -0.145. The van der Waals surface area contributed by atoms with Crippen LogP contribution in [0, 0.1) is 0 Å². The fourth-order valence-corrected chi connectivity index (χ4v) is 12.2. The molecule has 7 atom stereocenters. The molecule has 1 aromatic heterocycles. The number of carbonyl (C=O) groups excluding carboxylic acids is 6. The van der Waals surface area contributed by atoms with Crippen molar-refractivity contribution in [3.8, 4) is 57.1 Å². The van der Waals surface area contributed by atoms with Crippen LogP contribution in [0.25, 0.3) is 22.0 Å². The van der Waals surface area contributed by atoms with Gasteiger partial charge in [0, 0.05) is 42.6 Å². The molecule has 1 unspecified atom stereocenters. The number of ether oxygens (including phenoxy) is 2. The van der Waals surface area contributed by atoms with E-state index in [0.717, 1.165) is 37.0 Å². The van der Waals surface area contributed by atoms with Crippen LogP contribution < -0.4 is 41.4 Å². The monoisotopic (exact) mass is 1270 g/mol. The van der Waals surface area contributed by atoms with Crippen molar-refractivity contribution < 1.29 is 68.6 Å². The number of benzene rings is 7. The highest BCUT2D eigenvalue weighted by Crippen LogP contribution is 2.44. The molecule has 12 N–H and O–H groups in total. The summed E-state index contributed by atoms with van der Waals surface area (Å²) in [6.45, 7) is 2.64. The SMILES string of the molecule is CCCCCCCCCCCNC(C(=O)N[C@@H]1Cc2c[nH]c3cc(ccc23)-c2cc3cc(c2O)Oc2ccc(cc2)C[C@H]2C(=O)N[C@@H](C(=O)O)c4ccc(O)c(c4)Oc4ccc(cc4)[C@@H](NC(=O)[C@@H]3NC(=O)[C@@H](c3ccc(O)cc3)NC1=O)C(=O)N2C)c1ccc(O)cc1. The number of H-pyrrole nitrogens is 1. The molecule has 15 bridgehead atoms. The molecular weight excluding hydrogens is 1200 g/mol. The van der Waals surface area contributed by atoms with Crippen molar-refractivity contribution in [2.24, 2.45) is 0 Å². The van der Waals surface area contributed by atoms with E-state index in [9.17, 15) is 39.9 Å². The first-order chi connectivity index (χ1) is 45.4. The average molecular weight is 1280 g/mol. The molecule has 6 amide bonds. The van der Waals surface area contributed by atoms with Gasteiger partial charge in [0.05, 0.1) is 0 Å². The lowest BCUT2D eigenvalue weighted by Crippen LogP contribution is -2.55. The number of likely N-dealkylation sites (N-methyl/N-ethyl adjacent to an activating group) is 1. The number of fused-ring (bicyclic) bond motifs is 14. The summed E-state index contributed by atoms with van der Waals surface area (Å²) in [4.78, 5) is 110. The molecule has 0 saturated carbocycles. The average Bonchev–Trinajstić information content (AvgIpc) is 1.28. The van der Waals surface area contributed by atoms with E-state index >= 15 is 19.2 Å². The summed E-state index contributed by atoms with van der Waals surface area (Å²) in [5.74, 6) is -7.67. The molecule has 8 aromatic rings. The maximum Gasteiger partial charge on any atom is 0.330 e. The quantitative estimate of drug-likeness (QED) is 0.0401. The number of aromatic amines is 1. The van der Waals surface area contributed by atoms with Gasteiger partial charge in [0.15, 0.2) is 29.0 Å². The molecule has 94 heavy (non-hydrogen) atoms. The highest BCUT2D eigenvalue weighted by molar-refractivity contribution is 6.00. The fourth-order valence-electron chi connectivity index (χ4n) is 12.2. The van der Waals surface area contributed by atoms with E-state index in [-0.39, 0.29) is 86.7 Å². The van der Waals surface area contributed by atoms with Crippen LogP contribution in [0.5, 0.6) is 46.0 Å². The van der Waals surface area contributed by atoms with Gasteiger partial charge in [-0.2, -0.15) is 0 Å². The Morgan fingerprint density at radius 1 is 0.585 bits per heavy atom. The number of carboxylic acid groups (broad SMARTS) is 1. The minimum atomic E-state index is -1.85. The van der Waals surface area contributed by atoms with Gasteiger partial charge in [-0.25, -0.2) is 4.79 Å². The zero-order valence-corrected chi connectivity index (χ0v) is 51.8. The summed E-state index contributed by atoms with van der Waals surface area (Å²) in [5.41, 5.74) is 2.98. The number of amides is 6.